The van der Waals surface area contributed by atoms with Crippen LogP contribution in [0.1, 0.15) is 52.8 Å². The predicted octanol–water partition coefficient (Wildman–Crippen LogP) is 1.09. The second-order valence-corrected chi connectivity index (χ2v) is 8.60. The van der Waals surface area contributed by atoms with Crippen LogP contribution in [0.3, 0.4) is 0 Å². The van der Waals surface area contributed by atoms with E-state index >= 15 is 0 Å². The fraction of sp³-hybridized carbons (Fsp3) is 0.524. The van der Waals surface area contributed by atoms with Gasteiger partial charge in [0, 0.05) is 25.2 Å². The number of nitrogens with zero attached hydrogens (tertiary/aromatic N) is 2. The van der Waals surface area contributed by atoms with E-state index in [-0.39, 0.29) is 31.2 Å². The lowest BCUT2D eigenvalue weighted by atomic mass is 9.78. The average Bonchev–Trinajstić information content (AvgIpc) is 3.22. The molecule has 1 spiro atoms. The Kier molecular flexibility index (Phi) is 5.32. The fourth-order valence-corrected chi connectivity index (χ4v) is 5.18. The number of anilines is 1. The summed E-state index contributed by atoms with van der Waals surface area (Å²) in [6.07, 6.45) is 3.76. The largest absolute Gasteiger partial charge is 0.371 e. The van der Waals surface area contributed by atoms with Gasteiger partial charge in [-0.05, 0) is 62.4 Å². The normalized spacial score (nSPS) is 25.4. The maximum absolute atomic E-state index is 13.0. The number of hydrogen-bond donors (Lipinski definition) is 2. The maximum Gasteiger partial charge on any atom is 0.262 e. The van der Waals surface area contributed by atoms with Crippen LogP contribution < -0.4 is 15.5 Å². The molecule has 1 unspecified atom stereocenters. The first-order valence-corrected chi connectivity index (χ1v) is 10.3. The first-order chi connectivity index (χ1) is 14.0. The van der Waals surface area contributed by atoms with Crippen molar-refractivity contribution < 1.29 is 19.2 Å². The van der Waals surface area contributed by atoms with E-state index < -0.39 is 23.8 Å². The summed E-state index contributed by atoms with van der Waals surface area (Å²) in [5.41, 5.74) is 1.97. The van der Waals surface area contributed by atoms with Crippen LogP contribution in [0.15, 0.2) is 18.2 Å². The molecule has 9 heteroatoms. The van der Waals surface area contributed by atoms with E-state index in [0.717, 1.165) is 56.0 Å². The van der Waals surface area contributed by atoms with Crippen molar-refractivity contribution in [1.82, 2.24) is 15.5 Å². The summed E-state index contributed by atoms with van der Waals surface area (Å²) in [7, 11) is 0. The highest BCUT2D eigenvalue weighted by Gasteiger charge is 2.45. The molecule has 3 fully saturated rings. The van der Waals surface area contributed by atoms with Gasteiger partial charge in [-0.15, -0.1) is 12.4 Å². The van der Waals surface area contributed by atoms with E-state index in [1.54, 1.807) is 12.1 Å². The summed E-state index contributed by atoms with van der Waals surface area (Å²) in [6.45, 7) is 4.00. The second kappa shape index (κ2) is 7.67. The predicted molar refractivity (Wildman–Crippen MR) is 112 cm³/mol. The van der Waals surface area contributed by atoms with E-state index in [9.17, 15) is 19.2 Å². The number of piperidine rings is 2. The van der Waals surface area contributed by atoms with Gasteiger partial charge in [0.1, 0.15) is 6.04 Å². The van der Waals surface area contributed by atoms with Crippen molar-refractivity contribution in [2.75, 3.05) is 31.1 Å². The van der Waals surface area contributed by atoms with Crippen LogP contribution in [0.5, 0.6) is 0 Å². The van der Waals surface area contributed by atoms with E-state index in [1.807, 2.05) is 6.07 Å². The molecule has 0 bridgehead atoms. The molecule has 160 valence electrons. The van der Waals surface area contributed by atoms with Crippen molar-refractivity contribution in [1.29, 1.82) is 0 Å². The summed E-state index contributed by atoms with van der Waals surface area (Å²) in [4.78, 5) is 52.8. The van der Waals surface area contributed by atoms with Gasteiger partial charge in [-0.3, -0.25) is 29.4 Å². The van der Waals surface area contributed by atoms with Gasteiger partial charge < -0.3 is 10.2 Å². The highest BCUT2D eigenvalue weighted by atomic mass is 35.5. The number of carbonyl (C=O) groups is 4. The number of hydrogen-bond acceptors (Lipinski definition) is 6. The Balaban J connectivity index is 0.00000218. The van der Waals surface area contributed by atoms with Crippen molar-refractivity contribution in [3.8, 4) is 0 Å². The minimum Gasteiger partial charge on any atom is -0.371 e. The van der Waals surface area contributed by atoms with Crippen LogP contribution in [0.4, 0.5) is 5.69 Å². The molecule has 1 atom stereocenters. The Bertz CT molecular complexity index is 928. The molecule has 5 rings (SSSR count). The van der Waals surface area contributed by atoms with Gasteiger partial charge in [-0.1, -0.05) is 0 Å². The highest BCUT2D eigenvalue weighted by molar-refractivity contribution is 6.23. The van der Waals surface area contributed by atoms with Crippen LogP contribution in [0, 0.1) is 5.41 Å². The topological polar surface area (TPSA) is 98.8 Å². The maximum atomic E-state index is 13.0. The zero-order valence-electron chi connectivity index (χ0n) is 16.6. The third-order valence-electron chi connectivity index (χ3n) is 6.89. The number of rotatable bonds is 2. The SMILES string of the molecule is Cl.O=C1CCC(N2C(=O)c3ccc(N4CCC5(CCNCC5)C4)cc3C2=O)C(=O)N1. The van der Waals surface area contributed by atoms with Gasteiger partial charge in [0.15, 0.2) is 0 Å². The van der Waals surface area contributed by atoms with Crippen molar-refractivity contribution in [2.45, 2.75) is 38.1 Å². The third kappa shape index (κ3) is 3.28. The molecular weight excluding hydrogens is 408 g/mol. The minimum atomic E-state index is -0.923. The van der Waals surface area contributed by atoms with Gasteiger partial charge in [-0.2, -0.15) is 0 Å². The molecule has 4 aliphatic heterocycles. The molecule has 0 saturated carbocycles. The number of benzene rings is 1. The van der Waals surface area contributed by atoms with Crippen LogP contribution in [-0.4, -0.2) is 60.7 Å². The van der Waals surface area contributed by atoms with E-state index in [0.29, 0.717) is 16.5 Å². The molecule has 2 N–H and O–H groups in total. The molecule has 1 aromatic carbocycles. The summed E-state index contributed by atoms with van der Waals surface area (Å²) in [6, 6.07) is 4.47. The van der Waals surface area contributed by atoms with Crippen molar-refractivity contribution in [2.24, 2.45) is 5.41 Å². The monoisotopic (exact) mass is 432 g/mol. The molecule has 4 amide bonds. The van der Waals surface area contributed by atoms with Crippen molar-refractivity contribution >= 4 is 41.7 Å². The number of carbonyl (C=O) groups excluding carboxylic acids is 4. The Labute approximate surface area is 180 Å². The Morgan fingerprint density at radius 1 is 0.967 bits per heavy atom. The molecule has 0 aliphatic carbocycles. The molecule has 4 aliphatic rings. The molecular formula is C21H25ClN4O4. The third-order valence-corrected chi connectivity index (χ3v) is 6.89. The van der Waals surface area contributed by atoms with Gasteiger partial charge in [-0.25, -0.2) is 0 Å². The van der Waals surface area contributed by atoms with Gasteiger partial charge in [0.2, 0.25) is 11.8 Å². The zero-order chi connectivity index (χ0) is 20.2. The van der Waals surface area contributed by atoms with Gasteiger partial charge in [0.25, 0.3) is 11.8 Å². The summed E-state index contributed by atoms with van der Waals surface area (Å²) >= 11 is 0. The second-order valence-electron chi connectivity index (χ2n) is 8.60. The first kappa shape index (κ1) is 20.8. The first-order valence-electron chi connectivity index (χ1n) is 10.3. The number of halogens is 1. The van der Waals surface area contributed by atoms with Crippen molar-refractivity contribution in [3.63, 3.8) is 0 Å². The highest BCUT2D eigenvalue weighted by Crippen LogP contribution is 2.41. The van der Waals surface area contributed by atoms with Crippen LogP contribution in [0.2, 0.25) is 0 Å². The number of amides is 4. The van der Waals surface area contributed by atoms with Crippen molar-refractivity contribution in [3.05, 3.63) is 29.3 Å². The standard InChI is InChI=1S/C21H24N4O4.ClH/c26-17-4-3-16(18(27)23-17)25-19(28)14-2-1-13(11-15(14)20(25)29)24-10-7-21(12-24)5-8-22-9-6-21;/h1-2,11,16,22H,3-10,12H2,(H,23,26,27);1H. The van der Waals surface area contributed by atoms with Crippen LogP contribution in [-0.2, 0) is 9.59 Å². The Morgan fingerprint density at radius 2 is 1.70 bits per heavy atom. The van der Waals surface area contributed by atoms with E-state index in [1.165, 1.54) is 0 Å². The van der Waals surface area contributed by atoms with Crippen LogP contribution >= 0.6 is 12.4 Å². The zero-order valence-corrected chi connectivity index (χ0v) is 17.4. The summed E-state index contributed by atoms with van der Waals surface area (Å²) < 4.78 is 0. The van der Waals surface area contributed by atoms with Crippen LogP contribution in [0.25, 0.3) is 0 Å². The summed E-state index contributed by atoms with van der Waals surface area (Å²) in [5.74, 6) is -1.85. The molecule has 3 saturated heterocycles. The average molecular weight is 433 g/mol. The van der Waals surface area contributed by atoms with E-state index in [4.69, 9.17) is 0 Å². The number of nitrogens with one attached hydrogen (secondary N) is 2. The van der Waals surface area contributed by atoms with Gasteiger partial charge in [0.05, 0.1) is 11.1 Å². The number of imide groups is 2. The van der Waals surface area contributed by atoms with Gasteiger partial charge >= 0.3 is 0 Å². The van der Waals surface area contributed by atoms with E-state index in [2.05, 4.69) is 15.5 Å². The molecule has 4 heterocycles. The quantitative estimate of drug-likeness (QED) is 0.679. The molecule has 8 nitrogen and oxygen atoms in total. The lowest BCUT2D eigenvalue weighted by Crippen LogP contribution is -2.54. The minimum absolute atomic E-state index is 0. The molecule has 30 heavy (non-hydrogen) atoms. The Hall–Kier alpha value is -2.45. The number of fused-ring (bicyclic) bond motifs is 1. The smallest absolute Gasteiger partial charge is 0.262 e. The fourth-order valence-electron chi connectivity index (χ4n) is 5.18. The lowest BCUT2D eigenvalue weighted by Gasteiger charge is -2.34. The lowest BCUT2D eigenvalue weighted by molar-refractivity contribution is -0.136. The molecule has 0 aromatic heterocycles. The molecule has 1 aromatic rings. The molecule has 0 radical (unpaired) electrons. The Morgan fingerprint density at radius 3 is 2.43 bits per heavy atom. The summed E-state index contributed by atoms with van der Waals surface area (Å²) in [5, 5.41) is 5.64.